The summed E-state index contributed by atoms with van der Waals surface area (Å²) >= 11 is 1.25. The molecule has 0 saturated carbocycles. The fourth-order valence-corrected chi connectivity index (χ4v) is 4.90. The predicted molar refractivity (Wildman–Crippen MR) is 110 cm³/mol. The maximum Gasteiger partial charge on any atom is 0.250 e. The molecule has 0 bridgehead atoms. The van der Waals surface area contributed by atoms with Gasteiger partial charge in [-0.25, -0.2) is 13.1 Å². The smallest absolute Gasteiger partial charge is 0.250 e. The molecule has 1 heterocycles. The lowest BCUT2D eigenvalue weighted by molar-refractivity contribution is 0.584. The lowest BCUT2D eigenvalue weighted by Gasteiger charge is -2.14. The molecule has 0 aliphatic carbocycles. The summed E-state index contributed by atoms with van der Waals surface area (Å²) in [7, 11) is -3.48. The number of guanidine groups is 1. The van der Waals surface area contributed by atoms with Crippen molar-refractivity contribution in [3.8, 4) is 0 Å². The van der Waals surface area contributed by atoms with Crippen LogP contribution in [0.1, 0.15) is 29.9 Å². The Hall–Kier alpha value is -1.90. The average Bonchev–Trinajstić information content (AvgIpc) is 3.06. The van der Waals surface area contributed by atoms with E-state index in [0.717, 1.165) is 23.4 Å². The standard InChI is InChI=1S/C18H26N4O2S2/c1-4-14-7-6-8-15(5-2)17(14)22-18(19)20-11-12-21-26(23,24)16-10-9-13(3)25-16/h6-10,21H,4-5,11-12H2,1-3H3,(H3,19,20,22). The van der Waals surface area contributed by atoms with Gasteiger partial charge >= 0.3 is 0 Å². The Balaban J connectivity index is 1.95. The fraction of sp³-hybridized carbons (Fsp3) is 0.389. The third-order valence-electron chi connectivity index (χ3n) is 3.92. The van der Waals surface area contributed by atoms with Crippen LogP contribution in [0.25, 0.3) is 0 Å². The largest absolute Gasteiger partial charge is 0.370 e. The number of benzene rings is 1. The molecule has 2 rings (SSSR count). The lowest BCUT2D eigenvalue weighted by atomic mass is 10.0. The molecule has 6 nitrogen and oxygen atoms in total. The van der Waals surface area contributed by atoms with Gasteiger partial charge in [0.1, 0.15) is 4.21 Å². The van der Waals surface area contributed by atoms with Gasteiger partial charge in [-0.1, -0.05) is 32.0 Å². The van der Waals surface area contributed by atoms with Gasteiger partial charge in [0.15, 0.2) is 5.96 Å². The zero-order valence-corrected chi connectivity index (χ0v) is 17.0. The zero-order valence-electron chi connectivity index (χ0n) is 15.4. The van der Waals surface area contributed by atoms with E-state index in [0.29, 0.717) is 4.21 Å². The number of anilines is 1. The number of hydrogen-bond acceptors (Lipinski definition) is 4. The number of para-hydroxylation sites is 1. The number of aliphatic imine (C=N–C) groups is 1. The van der Waals surface area contributed by atoms with Crippen molar-refractivity contribution in [1.29, 1.82) is 0 Å². The van der Waals surface area contributed by atoms with Crippen molar-refractivity contribution in [1.82, 2.24) is 4.72 Å². The number of thiophene rings is 1. The predicted octanol–water partition coefficient (Wildman–Crippen LogP) is 2.89. The monoisotopic (exact) mass is 394 g/mol. The second-order valence-electron chi connectivity index (χ2n) is 5.81. The Morgan fingerprint density at radius 3 is 2.35 bits per heavy atom. The first-order chi connectivity index (χ1) is 12.4. The fourth-order valence-electron chi connectivity index (χ4n) is 2.55. The number of nitrogens with two attached hydrogens (primary N) is 1. The van der Waals surface area contributed by atoms with Crippen molar-refractivity contribution < 1.29 is 8.42 Å². The van der Waals surface area contributed by atoms with Crippen LogP contribution in [0.3, 0.4) is 0 Å². The molecule has 0 aliphatic heterocycles. The molecule has 26 heavy (non-hydrogen) atoms. The van der Waals surface area contributed by atoms with E-state index in [4.69, 9.17) is 5.73 Å². The summed E-state index contributed by atoms with van der Waals surface area (Å²) < 4.78 is 27.2. The SMILES string of the molecule is CCc1cccc(CC)c1NC(N)=NCCNS(=O)(=O)c1ccc(C)s1. The summed E-state index contributed by atoms with van der Waals surface area (Å²) in [5.41, 5.74) is 9.33. The Kier molecular flexibility index (Phi) is 7.19. The highest BCUT2D eigenvalue weighted by molar-refractivity contribution is 7.91. The first-order valence-electron chi connectivity index (χ1n) is 8.61. The molecule has 0 unspecified atom stereocenters. The third kappa shape index (κ3) is 5.30. The normalized spacial score (nSPS) is 12.3. The van der Waals surface area contributed by atoms with Gasteiger partial charge in [-0.05, 0) is 43.0 Å². The van der Waals surface area contributed by atoms with Crippen LogP contribution in [0.2, 0.25) is 0 Å². The molecule has 2 aromatic rings. The first kappa shape index (κ1) is 20.4. The number of rotatable bonds is 8. The number of sulfonamides is 1. The maximum atomic E-state index is 12.2. The average molecular weight is 395 g/mol. The molecular weight excluding hydrogens is 368 g/mol. The summed E-state index contributed by atoms with van der Waals surface area (Å²) in [6.07, 6.45) is 1.78. The van der Waals surface area contributed by atoms with Gasteiger partial charge in [0.2, 0.25) is 10.0 Å². The van der Waals surface area contributed by atoms with Gasteiger partial charge in [-0.3, -0.25) is 4.99 Å². The van der Waals surface area contributed by atoms with Gasteiger partial charge in [-0.15, -0.1) is 11.3 Å². The van der Waals surface area contributed by atoms with Crippen molar-refractivity contribution in [2.75, 3.05) is 18.4 Å². The van der Waals surface area contributed by atoms with Crippen LogP contribution < -0.4 is 15.8 Å². The molecule has 8 heteroatoms. The van der Waals surface area contributed by atoms with Crippen molar-refractivity contribution in [3.05, 3.63) is 46.3 Å². The number of nitrogens with one attached hydrogen (secondary N) is 2. The van der Waals surface area contributed by atoms with Crippen LogP contribution >= 0.6 is 11.3 Å². The molecule has 1 aromatic heterocycles. The summed E-state index contributed by atoms with van der Waals surface area (Å²) in [5.74, 6) is 0.284. The second-order valence-corrected chi connectivity index (χ2v) is 9.09. The minimum atomic E-state index is -3.48. The minimum Gasteiger partial charge on any atom is -0.370 e. The number of nitrogens with zero attached hydrogens (tertiary/aromatic N) is 1. The summed E-state index contributed by atoms with van der Waals surface area (Å²) in [6.45, 7) is 6.51. The molecule has 1 aromatic carbocycles. The summed E-state index contributed by atoms with van der Waals surface area (Å²) in [5, 5.41) is 3.17. The highest BCUT2D eigenvalue weighted by Gasteiger charge is 2.15. The van der Waals surface area contributed by atoms with Crippen molar-refractivity contribution in [2.24, 2.45) is 10.7 Å². The van der Waals surface area contributed by atoms with Crippen LogP contribution in [0.15, 0.2) is 39.5 Å². The maximum absolute atomic E-state index is 12.2. The summed E-state index contributed by atoms with van der Waals surface area (Å²) in [4.78, 5) is 5.19. The highest BCUT2D eigenvalue weighted by Crippen LogP contribution is 2.22. The minimum absolute atomic E-state index is 0.192. The molecule has 0 fully saturated rings. The van der Waals surface area contributed by atoms with Crippen LogP contribution in [-0.4, -0.2) is 27.5 Å². The second kappa shape index (κ2) is 9.16. The molecule has 0 amide bonds. The molecule has 4 N–H and O–H groups in total. The van der Waals surface area contributed by atoms with Crippen LogP contribution in [-0.2, 0) is 22.9 Å². The van der Waals surface area contributed by atoms with Gasteiger partial charge in [0, 0.05) is 17.1 Å². The summed E-state index contributed by atoms with van der Waals surface area (Å²) in [6, 6.07) is 9.56. The van der Waals surface area contributed by atoms with Crippen molar-refractivity contribution in [3.63, 3.8) is 0 Å². The lowest BCUT2D eigenvalue weighted by Crippen LogP contribution is -2.28. The molecule has 0 saturated heterocycles. The number of hydrogen-bond donors (Lipinski definition) is 3. The molecule has 0 spiro atoms. The quantitative estimate of drug-likeness (QED) is 0.364. The Morgan fingerprint density at radius 1 is 1.15 bits per heavy atom. The van der Waals surface area contributed by atoms with Crippen molar-refractivity contribution in [2.45, 2.75) is 37.8 Å². The molecular formula is C18H26N4O2S2. The molecule has 142 valence electrons. The molecule has 0 aliphatic rings. The zero-order chi connectivity index (χ0) is 19.2. The number of aryl methyl sites for hydroxylation is 3. The van der Waals surface area contributed by atoms with Crippen LogP contribution in [0.5, 0.6) is 0 Å². The molecule has 0 radical (unpaired) electrons. The van der Waals surface area contributed by atoms with E-state index < -0.39 is 10.0 Å². The molecule has 0 atom stereocenters. The van der Waals surface area contributed by atoms with Gasteiger partial charge < -0.3 is 11.1 Å². The van der Waals surface area contributed by atoms with Crippen molar-refractivity contribution >= 4 is 33.0 Å². The highest BCUT2D eigenvalue weighted by atomic mass is 32.2. The van der Waals surface area contributed by atoms with Gasteiger partial charge in [0.25, 0.3) is 0 Å². The van der Waals surface area contributed by atoms with E-state index >= 15 is 0 Å². The Bertz CT molecular complexity index is 851. The van der Waals surface area contributed by atoms with E-state index in [-0.39, 0.29) is 19.0 Å². The van der Waals surface area contributed by atoms with Crippen LogP contribution in [0, 0.1) is 6.92 Å². The Morgan fingerprint density at radius 2 is 1.81 bits per heavy atom. The third-order valence-corrected chi connectivity index (χ3v) is 6.87. The van der Waals surface area contributed by atoms with Gasteiger partial charge in [-0.2, -0.15) is 0 Å². The van der Waals surface area contributed by atoms with Gasteiger partial charge in [0.05, 0.1) is 6.54 Å². The van der Waals surface area contributed by atoms with E-state index in [1.165, 1.54) is 22.5 Å². The first-order valence-corrected chi connectivity index (χ1v) is 10.9. The van der Waals surface area contributed by atoms with E-state index in [1.807, 2.05) is 13.0 Å². The Labute approximate surface area is 159 Å². The van der Waals surface area contributed by atoms with E-state index in [9.17, 15) is 8.42 Å². The van der Waals surface area contributed by atoms with E-state index in [1.54, 1.807) is 12.1 Å². The van der Waals surface area contributed by atoms with E-state index in [2.05, 4.69) is 41.0 Å². The topological polar surface area (TPSA) is 96.6 Å². The van der Waals surface area contributed by atoms with Crippen LogP contribution in [0.4, 0.5) is 5.69 Å².